The summed E-state index contributed by atoms with van der Waals surface area (Å²) < 4.78 is 4.96. The van der Waals surface area contributed by atoms with Gasteiger partial charge in [0.1, 0.15) is 6.54 Å². The monoisotopic (exact) mass is 450 g/mol. The molecule has 1 atom stereocenters. The van der Waals surface area contributed by atoms with Gasteiger partial charge >= 0.3 is 0 Å². The largest absolute Gasteiger partial charge is 0.357 e. The molecule has 0 saturated carbocycles. The van der Waals surface area contributed by atoms with Crippen molar-refractivity contribution in [1.82, 2.24) is 25.7 Å². The molecule has 0 radical (unpaired) electrons. The zero-order chi connectivity index (χ0) is 16.5. The van der Waals surface area contributed by atoms with Crippen LogP contribution in [0.1, 0.15) is 51.2 Å². The fourth-order valence-corrected chi connectivity index (χ4v) is 2.88. The van der Waals surface area contributed by atoms with Gasteiger partial charge in [-0.05, 0) is 39.7 Å². The highest BCUT2D eigenvalue weighted by atomic mass is 127. The second-order valence-electron chi connectivity index (χ2n) is 6.09. The van der Waals surface area contributed by atoms with Crippen molar-refractivity contribution in [2.24, 2.45) is 4.99 Å². The number of aliphatic imine (C=N–C) groups is 1. The van der Waals surface area contributed by atoms with E-state index in [1.165, 1.54) is 25.8 Å². The van der Waals surface area contributed by atoms with Crippen molar-refractivity contribution in [3.8, 4) is 0 Å². The Hall–Kier alpha value is -0.900. The molecule has 138 valence electrons. The quantitative estimate of drug-likeness (QED) is 0.287. The Morgan fingerprint density at radius 2 is 2.21 bits per heavy atom. The van der Waals surface area contributed by atoms with Crippen LogP contribution in [0, 0.1) is 6.92 Å². The molecular formula is C16H31IN6O. The van der Waals surface area contributed by atoms with Gasteiger partial charge in [0, 0.05) is 32.6 Å². The summed E-state index contributed by atoms with van der Waals surface area (Å²) in [6, 6.07) is 0.729. The lowest BCUT2D eigenvalue weighted by atomic mass is 10.0. The number of likely N-dealkylation sites (tertiary alicyclic amines) is 1. The standard InChI is InChI=1S/C16H30N6O.HI/c1-4-17-16(19-12-15-20-14(3)23-21-15)18-9-7-11-22-10-6-5-8-13(22)2;/h13H,4-12H2,1-3H3,(H2,17,18,19);1H. The number of piperidine rings is 1. The summed E-state index contributed by atoms with van der Waals surface area (Å²) >= 11 is 0. The average Bonchev–Trinajstić information content (AvgIpc) is 2.96. The highest BCUT2D eigenvalue weighted by molar-refractivity contribution is 14.0. The van der Waals surface area contributed by atoms with Gasteiger partial charge in [0.25, 0.3) is 0 Å². The average molecular weight is 450 g/mol. The first kappa shape index (κ1) is 21.1. The van der Waals surface area contributed by atoms with Crippen molar-refractivity contribution in [1.29, 1.82) is 0 Å². The van der Waals surface area contributed by atoms with E-state index in [9.17, 15) is 0 Å². The number of hydrogen-bond acceptors (Lipinski definition) is 5. The Kier molecular flexibility index (Phi) is 10.2. The molecular weight excluding hydrogens is 419 g/mol. The number of hydrogen-bond donors (Lipinski definition) is 2. The van der Waals surface area contributed by atoms with Crippen LogP contribution in [0.3, 0.4) is 0 Å². The third-order valence-electron chi connectivity index (χ3n) is 4.15. The van der Waals surface area contributed by atoms with Gasteiger partial charge in [-0.2, -0.15) is 4.98 Å². The molecule has 0 aliphatic carbocycles. The molecule has 7 nitrogen and oxygen atoms in total. The molecule has 0 aromatic carbocycles. The van der Waals surface area contributed by atoms with Crippen molar-refractivity contribution >= 4 is 29.9 Å². The lowest BCUT2D eigenvalue weighted by Gasteiger charge is -2.33. The molecule has 0 bridgehead atoms. The van der Waals surface area contributed by atoms with Gasteiger partial charge in [-0.3, -0.25) is 0 Å². The minimum Gasteiger partial charge on any atom is -0.357 e. The van der Waals surface area contributed by atoms with Crippen LogP contribution >= 0.6 is 24.0 Å². The van der Waals surface area contributed by atoms with E-state index in [4.69, 9.17) is 4.52 Å². The Balaban J connectivity index is 0.00000288. The lowest BCUT2D eigenvalue weighted by Crippen LogP contribution is -2.41. The zero-order valence-electron chi connectivity index (χ0n) is 15.0. The Bertz CT molecular complexity index is 493. The molecule has 1 aromatic heterocycles. The van der Waals surface area contributed by atoms with Gasteiger partial charge in [0.2, 0.25) is 5.89 Å². The van der Waals surface area contributed by atoms with E-state index >= 15 is 0 Å². The SMILES string of the molecule is CCNC(=NCc1noc(C)n1)NCCCN1CCCCC1C.I. The number of nitrogens with zero attached hydrogens (tertiary/aromatic N) is 4. The highest BCUT2D eigenvalue weighted by Gasteiger charge is 2.17. The lowest BCUT2D eigenvalue weighted by molar-refractivity contribution is 0.159. The number of halogens is 1. The van der Waals surface area contributed by atoms with E-state index in [1.807, 2.05) is 0 Å². The molecule has 1 aliphatic heterocycles. The zero-order valence-corrected chi connectivity index (χ0v) is 17.4. The maximum Gasteiger partial charge on any atom is 0.223 e. The third kappa shape index (κ3) is 7.33. The molecule has 0 amide bonds. The molecule has 1 aromatic rings. The van der Waals surface area contributed by atoms with E-state index in [0.717, 1.165) is 38.1 Å². The third-order valence-corrected chi connectivity index (χ3v) is 4.15. The van der Waals surface area contributed by atoms with E-state index in [0.29, 0.717) is 18.3 Å². The van der Waals surface area contributed by atoms with E-state index in [2.05, 4.69) is 44.5 Å². The van der Waals surface area contributed by atoms with Gasteiger partial charge < -0.3 is 20.1 Å². The van der Waals surface area contributed by atoms with Crippen LogP contribution in [-0.2, 0) is 6.54 Å². The first-order valence-electron chi connectivity index (χ1n) is 8.74. The fourth-order valence-electron chi connectivity index (χ4n) is 2.88. The van der Waals surface area contributed by atoms with Crippen LogP contribution in [0.2, 0.25) is 0 Å². The second kappa shape index (κ2) is 11.6. The maximum atomic E-state index is 4.96. The predicted molar refractivity (Wildman–Crippen MR) is 107 cm³/mol. The van der Waals surface area contributed by atoms with Crippen molar-refractivity contribution in [2.75, 3.05) is 26.2 Å². The molecule has 8 heteroatoms. The molecule has 2 heterocycles. The van der Waals surface area contributed by atoms with Crippen LogP contribution in [0.25, 0.3) is 0 Å². The highest BCUT2D eigenvalue weighted by Crippen LogP contribution is 2.15. The van der Waals surface area contributed by atoms with Gasteiger partial charge in [-0.15, -0.1) is 24.0 Å². The first-order chi connectivity index (χ1) is 11.2. The molecule has 24 heavy (non-hydrogen) atoms. The summed E-state index contributed by atoms with van der Waals surface area (Å²) in [4.78, 5) is 11.2. The fraction of sp³-hybridized carbons (Fsp3) is 0.812. The summed E-state index contributed by atoms with van der Waals surface area (Å²) in [7, 11) is 0. The van der Waals surface area contributed by atoms with Crippen LogP contribution in [-0.4, -0.2) is 53.2 Å². The first-order valence-corrected chi connectivity index (χ1v) is 8.74. The molecule has 2 N–H and O–H groups in total. The number of aryl methyl sites for hydroxylation is 1. The van der Waals surface area contributed by atoms with Crippen LogP contribution < -0.4 is 10.6 Å². The summed E-state index contributed by atoms with van der Waals surface area (Å²) in [6.45, 7) is 10.8. The molecule has 1 unspecified atom stereocenters. The smallest absolute Gasteiger partial charge is 0.223 e. The number of nitrogens with one attached hydrogen (secondary N) is 2. The van der Waals surface area contributed by atoms with Gasteiger partial charge in [0.05, 0.1) is 0 Å². The van der Waals surface area contributed by atoms with Crippen molar-refractivity contribution < 1.29 is 4.52 Å². The molecule has 1 saturated heterocycles. The van der Waals surface area contributed by atoms with Gasteiger partial charge in [0.15, 0.2) is 11.8 Å². The van der Waals surface area contributed by atoms with Crippen LogP contribution in [0.4, 0.5) is 0 Å². The van der Waals surface area contributed by atoms with Crippen LogP contribution in [0.15, 0.2) is 9.52 Å². The second-order valence-corrected chi connectivity index (χ2v) is 6.09. The van der Waals surface area contributed by atoms with Crippen LogP contribution in [0.5, 0.6) is 0 Å². The molecule has 2 rings (SSSR count). The summed E-state index contributed by atoms with van der Waals surface area (Å²) in [5.41, 5.74) is 0. The Morgan fingerprint density at radius 1 is 1.38 bits per heavy atom. The van der Waals surface area contributed by atoms with Gasteiger partial charge in [-0.1, -0.05) is 11.6 Å². The molecule has 1 aliphatic rings. The Labute approximate surface area is 162 Å². The van der Waals surface area contributed by atoms with Crippen molar-refractivity contribution in [3.63, 3.8) is 0 Å². The summed E-state index contributed by atoms with van der Waals surface area (Å²) in [5, 5.41) is 10.5. The van der Waals surface area contributed by atoms with E-state index in [1.54, 1.807) is 6.92 Å². The van der Waals surface area contributed by atoms with E-state index < -0.39 is 0 Å². The number of guanidine groups is 1. The molecule has 1 fully saturated rings. The van der Waals surface area contributed by atoms with Crippen molar-refractivity contribution in [3.05, 3.63) is 11.7 Å². The maximum absolute atomic E-state index is 4.96. The minimum absolute atomic E-state index is 0. The summed E-state index contributed by atoms with van der Waals surface area (Å²) in [6.07, 6.45) is 5.17. The normalized spacial score (nSPS) is 19.0. The van der Waals surface area contributed by atoms with Crippen molar-refractivity contribution in [2.45, 2.75) is 59.0 Å². The number of aromatic nitrogens is 2. The number of rotatable bonds is 7. The minimum atomic E-state index is 0. The van der Waals surface area contributed by atoms with Gasteiger partial charge in [-0.25, -0.2) is 4.99 Å². The van der Waals surface area contributed by atoms with E-state index in [-0.39, 0.29) is 24.0 Å². The topological polar surface area (TPSA) is 78.6 Å². The summed E-state index contributed by atoms with van der Waals surface area (Å²) in [5.74, 6) is 1.99. The molecule has 0 spiro atoms. The Morgan fingerprint density at radius 3 is 2.88 bits per heavy atom. The predicted octanol–water partition coefficient (Wildman–Crippen LogP) is 2.32.